The van der Waals surface area contributed by atoms with Crippen LogP contribution in [0.1, 0.15) is 20.3 Å². The SMILES string of the molecule is CC(CNc1ccccc1)CC(C)Nc1ccccc1. The van der Waals surface area contributed by atoms with Gasteiger partial charge in [-0.3, -0.25) is 0 Å². The van der Waals surface area contributed by atoms with Gasteiger partial charge in [0.15, 0.2) is 0 Å². The van der Waals surface area contributed by atoms with Crippen molar-refractivity contribution in [2.45, 2.75) is 26.3 Å². The van der Waals surface area contributed by atoms with E-state index in [9.17, 15) is 0 Å². The molecule has 2 atom stereocenters. The van der Waals surface area contributed by atoms with E-state index in [1.807, 2.05) is 12.1 Å². The average molecular weight is 268 g/mol. The molecule has 0 fully saturated rings. The first-order chi connectivity index (χ1) is 9.74. The lowest BCUT2D eigenvalue weighted by Gasteiger charge is -2.20. The summed E-state index contributed by atoms with van der Waals surface area (Å²) in [6.07, 6.45) is 1.15. The van der Waals surface area contributed by atoms with Gasteiger partial charge in [-0.1, -0.05) is 43.3 Å². The Kier molecular flexibility index (Phi) is 5.48. The molecule has 2 aromatic rings. The molecule has 0 aliphatic carbocycles. The molecule has 0 spiro atoms. The summed E-state index contributed by atoms with van der Waals surface area (Å²) in [4.78, 5) is 0. The third-order valence-corrected chi connectivity index (χ3v) is 3.37. The Morgan fingerprint density at radius 3 is 1.95 bits per heavy atom. The smallest absolute Gasteiger partial charge is 0.0342 e. The first kappa shape index (κ1) is 14.4. The minimum absolute atomic E-state index is 0.477. The fourth-order valence-electron chi connectivity index (χ4n) is 2.41. The van der Waals surface area contributed by atoms with Gasteiger partial charge in [0, 0.05) is 24.0 Å². The largest absolute Gasteiger partial charge is 0.385 e. The van der Waals surface area contributed by atoms with Crippen molar-refractivity contribution in [3.8, 4) is 0 Å². The van der Waals surface area contributed by atoms with Gasteiger partial charge in [-0.15, -0.1) is 0 Å². The van der Waals surface area contributed by atoms with Gasteiger partial charge in [-0.2, -0.15) is 0 Å². The molecule has 2 rings (SSSR count). The van der Waals surface area contributed by atoms with Gasteiger partial charge in [0.25, 0.3) is 0 Å². The molecule has 0 heterocycles. The van der Waals surface area contributed by atoms with Crippen LogP contribution in [-0.4, -0.2) is 12.6 Å². The van der Waals surface area contributed by atoms with Crippen LogP contribution in [0.2, 0.25) is 0 Å². The van der Waals surface area contributed by atoms with Gasteiger partial charge in [0.1, 0.15) is 0 Å². The summed E-state index contributed by atoms with van der Waals surface area (Å²) in [5.41, 5.74) is 2.39. The number of hydrogen-bond donors (Lipinski definition) is 2. The molecule has 0 saturated heterocycles. The zero-order valence-electron chi connectivity index (χ0n) is 12.3. The molecule has 2 heteroatoms. The van der Waals surface area contributed by atoms with Crippen LogP contribution in [-0.2, 0) is 0 Å². The Hall–Kier alpha value is -1.96. The number of hydrogen-bond acceptors (Lipinski definition) is 2. The maximum atomic E-state index is 3.54. The fourth-order valence-corrected chi connectivity index (χ4v) is 2.41. The van der Waals surface area contributed by atoms with Crippen LogP contribution >= 0.6 is 0 Å². The van der Waals surface area contributed by atoms with Crippen LogP contribution < -0.4 is 10.6 Å². The van der Waals surface area contributed by atoms with Crippen LogP contribution in [0.5, 0.6) is 0 Å². The number of para-hydroxylation sites is 2. The Balaban J connectivity index is 1.72. The van der Waals surface area contributed by atoms with Crippen molar-refractivity contribution in [3.63, 3.8) is 0 Å². The van der Waals surface area contributed by atoms with E-state index >= 15 is 0 Å². The van der Waals surface area contributed by atoms with Crippen molar-refractivity contribution in [2.75, 3.05) is 17.2 Å². The Bertz CT molecular complexity index is 481. The van der Waals surface area contributed by atoms with E-state index in [0.29, 0.717) is 12.0 Å². The minimum atomic E-state index is 0.477. The molecule has 2 nitrogen and oxygen atoms in total. The van der Waals surface area contributed by atoms with E-state index in [1.165, 1.54) is 11.4 Å². The second kappa shape index (κ2) is 7.59. The molecule has 2 N–H and O–H groups in total. The molecule has 0 aliphatic rings. The summed E-state index contributed by atoms with van der Waals surface area (Å²) in [7, 11) is 0. The van der Waals surface area contributed by atoms with E-state index in [2.05, 4.69) is 73.0 Å². The number of nitrogens with one attached hydrogen (secondary N) is 2. The lowest BCUT2D eigenvalue weighted by molar-refractivity contribution is 0.519. The van der Waals surface area contributed by atoms with E-state index in [0.717, 1.165) is 13.0 Å². The predicted molar refractivity (Wildman–Crippen MR) is 88.2 cm³/mol. The van der Waals surface area contributed by atoms with Crippen LogP contribution in [0.3, 0.4) is 0 Å². The molecule has 0 bridgehead atoms. The Morgan fingerprint density at radius 2 is 1.35 bits per heavy atom. The molecule has 0 aliphatic heterocycles. The fraction of sp³-hybridized carbons (Fsp3) is 0.333. The number of benzene rings is 2. The Labute approximate surface area is 122 Å². The van der Waals surface area contributed by atoms with Gasteiger partial charge >= 0.3 is 0 Å². The van der Waals surface area contributed by atoms with Gasteiger partial charge < -0.3 is 10.6 Å². The van der Waals surface area contributed by atoms with Crippen molar-refractivity contribution in [3.05, 3.63) is 60.7 Å². The molecule has 0 aromatic heterocycles. The van der Waals surface area contributed by atoms with Crippen molar-refractivity contribution in [1.29, 1.82) is 0 Å². The number of rotatable bonds is 7. The second-order valence-electron chi connectivity index (χ2n) is 5.50. The highest BCUT2D eigenvalue weighted by Gasteiger charge is 2.08. The van der Waals surface area contributed by atoms with Gasteiger partial charge in [0.2, 0.25) is 0 Å². The third-order valence-electron chi connectivity index (χ3n) is 3.37. The summed E-state index contributed by atoms with van der Waals surface area (Å²) in [5.74, 6) is 0.626. The minimum Gasteiger partial charge on any atom is -0.385 e. The zero-order valence-corrected chi connectivity index (χ0v) is 12.3. The van der Waals surface area contributed by atoms with E-state index < -0.39 is 0 Å². The highest BCUT2D eigenvalue weighted by molar-refractivity contribution is 5.43. The van der Waals surface area contributed by atoms with Crippen molar-refractivity contribution in [2.24, 2.45) is 5.92 Å². The van der Waals surface area contributed by atoms with E-state index in [-0.39, 0.29) is 0 Å². The van der Waals surface area contributed by atoms with Gasteiger partial charge in [-0.25, -0.2) is 0 Å². The quantitative estimate of drug-likeness (QED) is 0.765. The van der Waals surface area contributed by atoms with Crippen LogP contribution in [0.25, 0.3) is 0 Å². The van der Waals surface area contributed by atoms with Crippen LogP contribution in [0.4, 0.5) is 11.4 Å². The lowest BCUT2D eigenvalue weighted by atomic mass is 10.0. The first-order valence-electron chi connectivity index (χ1n) is 7.34. The molecule has 0 saturated carbocycles. The van der Waals surface area contributed by atoms with Crippen molar-refractivity contribution < 1.29 is 0 Å². The van der Waals surface area contributed by atoms with Crippen molar-refractivity contribution in [1.82, 2.24) is 0 Å². The summed E-state index contributed by atoms with van der Waals surface area (Å²) < 4.78 is 0. The lowest BCUT2D eigenvalue weighted by Crippen LogP contribution is -2.22. The summed E-state index contributed by atoms with van der Waals surface area (Å²) in [6, 6.07) is 21.3. The Morgan fingerprint density at radius 1 is 0.800 bits per heavy atom. The van der Waals surface area contributed by atoms with E-state index in [4.69, 9.17) is 0 Å². The maximum absolute atomic E-state index is 3.54. The first-order valence-corrected chi connectivity index (χ1v) is 7.34. The molecule has 20 heavy (non-hydrogen) atoms. The van der Waals surface area contributed by atoms with Gasteiger partial charge in [-0.05, 0) is 43.5 Å². The standard InChI is InChI=1S/C18H24N2/c1-15(14-19-17-9-5-3-6-10-17)13-16(2)20-18-11-7-4-8-12-18/h3-12,15-16,19-20H,13-14H2,1-2H3. The molecule has 2 unspecified atom stereocenters. The normalized spacial score (nSPS) is 13.5. The number of anilines is 2. The molecule has 0 radical (unpaired) electrons. The highest BCUT2D eigenvalue weighted by Crippen LogP contribution is 2.14. The predicted octanol–water partition coefficient (Wildman–Crippen LogP) is 4.63. The molecular formula is C18H24N2. The van der Waals surface area contributed by atoms with Crippen molar-refractivity contribution >= 4 is 11.4 Å². The topological polar surface area (TPSA) is 24.1 Å². The highest BCUT2D eigenvalue weighted by atomic mass is 14.9. The van der Waals surface area contributed by atoms with Crippen LogP contribution in [0, 0.1) is 5.92 Å². The summed E-state index contributed by atoms with van der Waals surface area (Å²) in [5, 5.41) is 7.03. The molecule has 2 aromatic carbocycles. The summed E-state index contributed by atoms with van der Waals surface area (Å²) >= 11 is 0. The molecular weight excluding hydrogens is 244 g/mol. The van der Waals surface area contributed by atoms with Crippen LogP contribution in [0.15, 0.2) is 60.7 Å². The monoisotopic (exact) mass is 268 g/mol. The van der Waals surface area contributed by atoms with Gasteiger partial charge in [0.05, 0.1) is 0 Å². The second-order valence-corrected chi connectivity index (χ2v) is 5.50. The zero-order chi connectivity index (χ0) is 14.2. The third kappa shape index (κ3) is 4.96. The maximum Gasteiger partial charge on any atom is 0.0342 e. The molecule has 106 valence electrons. The molecule has 0 amide bonds. The average Bonchev–Trinajstić information content (AvgIpc) is 2.47. The summed E-state index contributed by atoms with van der Waals surface area (Å²) in [6.45, 7) is 5.54. The van der Waals surface area contributed by atoms with E-state index in [1.54, 1.807) is 0 Å².